The molecule has 2 fully saturated rings. The Kier molecular flexibility index (Phi) is 4.34. The molecule has 6 heteroatoms. The van der Waals surface area contributed by atoms with Crippen LogP contribution in [0.25, 0.3) is 0 Å². The highest BCUT2D eigenvalue weighted by atomic mass is 35.5. The van der Waals surface area contributed by atoms with E-state index in [0.717, 1.165) is 25.7 Å². The molecule has 0 spiro atoms. The molecule has 0 radical (unpaired) electrons. The lowest BCUT2D eigenvalue weighted by molar-refractivity contribution is 0.254. The Balaban J connectivity index is 1.98. The summed E-state index contributed by atoms with van der Waals surface area (Å²) in [6.45, 7) is 4.67. The fraction of sp³-hybridized carbons (Fsp3) is 1.00. The van der Waals surface area contributed by atoms with Crippen LogP contribution in [0.15, 0.2) is 0 Å². The average Bonchev–Trinajstić information content (AvgIpc) is 2.30. The highest BCUT2D eigenvalue weighted by molar-refractivity contribution is 7.86. The van der Waals surface area contributed by atoms with Crippen LogP contribution in [0.3, 0.4) is 0 Å². The van der Waals surface area contributed by atoms with E-state index in [1.807, 2.05) is 0 Å². The fourth-order valence-corrected chi connectivity index (χ4v) is 4.30. The van der Waals surface area contributed by atoms with E-state index in [-0.39, 0.29) is 5.38 Å². The van der Waals surface area contributed by atoms with Gasteiger partial charge in [0.05, 0.1) is 0 Å². The topological polar surface area (TPSA) is 40.6 Å². The summed E-state index contributed by atoms with van der Waals surface area (Å²) in [4.78, 5) is 0. The number of hydrogen-bond donors (Lipinski definition) is 0. The first-order valence-corrected chi connectivity index (χ1v) is 8.23. The van der Waals surface area contributed by atoms with Crippen molar-refractivity contribution < 1.29 is 8.42 Å². The van der Waals surface area contributed by atoms with E-state index in [9.17, 15) is 8.42 Å². The minimum atomic E-state index is -3.22. The standard InChI is InChI=1S/C11H21ClN2O2S/c1-10-2-6-13(7-3-10)17(15,16)14-8-4-11(12)5-9-14/h10-11H,2-9H2,1H3. The largest absolute Gasteiger partial charge is 0.281 e. The second kappa shape index (κ2) is 5.43. The van der Waals surface area contributed by atoms with Crippen LogP contribution in [-0.2, 0) is 10.2 Å². The monoisotopic (exact) mass is 280 g/mol. The molecule has 2 rings (SSSR count). The minimum absolute atomic E-state index is 0.142. The van der Waals surface area contributed by atoms with Crippen molar-refractivity contribution in [1.82, 2.24) is 8.61 Å². The molecule has 0 aromatic rings. The third-order valence-electron chi connectivity index (χ3n) is 3.78. The van der Waals surface area contributed by atoms with Gasteiger partial charge in [-0.25, -0.2) is 0 Å². The van der Waals surface area contributed by atoms with E-state index in [2.05, 4.69) is 6.92 Å². The molecule has 2 saturated heterocycles. The Labute approximate surface area is 109 Å². The number of nitrogens with zero attached hydrogens (tertiary/aromatic N) is 2. The quantitative estimate of drug-likeness (QED) is 0.722. The summed E-state index contributed by atoms with van der Waals surface area (Å²) in [5.74, 6) is 0.648. The molecule has 2 aliphatic heterocycles. The SMILES string of the molecule is CC1CCN(S(=O)(=O)N2CCC(Cl)CC2)CC1. The summed E-state index contributed by atoms with van der Waals surface area (Å²) in [7, 11) is -3.22. The van der Waals surface area contributed by atoms with Crippen LogP contribution in [0.4, 0.5) is 0 Å². The van der Waals surface area contributed by atoms with Gasteiger partial charge in [0.2, 0.25) is 0 Å². The van der Waals surface area contributed by atoms with Crippen molar-refractivity contribution in [3.05, 3.63) is 0 Å². The predicted octanol–water partition coefficient (Wildman–Crippen LogP) is 1.67. The normalized spacial score (nSPS) is 27.4. The van der Waals surface area contributed by atoms with Crippen LogP contribution in [-0.4, -0.2) is 48.6 Å². The molecule has 100 valence electrons. The second-order valence-corrected chi connectivity index (χ2v) is 7.71. The molecule has 0 aromatic heterocycles. The van der Waals surface area contributed by atoms with Crippen LogP contribution < -0.4 is 0 Å². The van der Waals surface area contributed by atoms with Gasteiger partial charge >= 0.3 is 0 Å². The molecule has 0 bridgehead atoms. The van der Waals surface area contributed by atoms with Gasteiger partial charge in [-0.1, -0.05) is 6.92 Å². The maximum absolute atomic E-state index is 12.4. The van der Waals surface area contributed by atoms with Gasteiger partial charge in [0.25, 0.3) is 10.2 Å². The van der Waals surface area contributed by atoms with Gasteiger partial charge in [-0.05, 0) is 31.6 Å². The lowest BCUT2D eigenvalue weighted by Gasteiger charge is -2.36. The van der Waals surface area contributed by atoms with Gasteiger partial charge in [0.1, 0.15) is 0 Å². The first-order chi connectivity index (χ1) is 8.00. The van der Waals surface area contributed by atoms with Gasteiger partial charge in [-0.3, -0.25) is 0 Å². The zero-order valence-electron chi connectivity index (χ0n) is 10.3. The van der Waals surface area contributed by atoms with E-state index < -0.39 is 10.2 Å². The van der Waals surface area contributed by atoms with Crippen LogP contribution in [0.1, 0.15) is 32.6 Å². The molecule has 2 aliphatic rings. The van der Waals surface area contributed by atoms with Crippen molar-refractivity contribution >= 4 is 21.8 Å². The van der Waals surface area contributed by atoms with Crippen LogP contribution >= 0.6 is 11.6 Å². The summed E-state index contributed by atoms with van der Waals surface area (Å²) in [5.41, 5.74) is 0. The summed E-state index contributed by atoms with van der Waals surface area (Å²) < 4.78 is 28.0. The molecule has 0 saturated carbocycles. The maximum atomic E-state index is 12.4. The molecule has 2 heterocycles. The minimum Gasteiger partial charge on any atom is -0.195 e. The van der Waals surface area contributed by atoms with E-state index in [1.54, 1.807) is 8.61 Å². The fourth-order valence-electron chi connectivity index (χ4n) is 2.43. The van der Waals surface area contributed by atoms with E-state index in [0.29, 0.717) is 32.1 Å². The predicted molar refractivity (Wildman–Crippen MR) is 69.3 cm³/mol. The van der Waals surface area contributed by atoms with Crippen LogP contribution in [0, 0.1) is 5.92 Å². The molecule has 0 amide bonds. The van der Waals surface area contributed by atoms with Crippen LogP contribution in [0.5, 0.6) is 0 Å². The van der Waals surface area contributed by atoms with Crippen molar-refractivity contribution in [2.24, 2.45) is 5.92 Å². The average molecular weight is 281 g/mol. The maximum Gasteiger partial charge on any atom is 0.281 e. The third kappa shape index (κ3) is 3.13. The van der Waals surface area contributed by atoms with Crippen LogP contribution in [0.2, 0.25) is 0 Å². The Morgan fingerprint density at radius 3 is 1.82 bits per heavy atom. The van der Waals surface area contributed by atoms with Gasteiger partial charge in [0.15, 0.2) is 0 Å². The van der Waals surface area contributed by atoms with Gasteiger partial charge in [0, 0.05) is 31.6 Å². The molecule has 0 atom stereocenters. The van der Waals surface area contributed by atoms with Crippen molar-refractivity contribution in [3.63, 3.8) is 0 Å². The molecular weight excluding hydrogens is 260 g/mol. The Bertz CT molecular complexity index is 316. The van der Waals surface area contributed by atoms with Crippen molar-refractivity contribution in [3.8, 4) is 0 Å². The van der Waals surface area contributed by atoms with Crippen molar-refractivity contribution in [2.75, 3.05) is 26.2 Å². The highest BCUT2D eigenvalue weighted by Gasteiger charge is 2.33. The third-order valence-corrected chi connectivity index (χ3v) is 6.25. The molecular formula is C11H21ClN2O2S. The number of piperidine rings is 2. The van der Waals surface area contributed by atoms with Gasteiger partial charge in [-0.15, -0.1) is 11.6 Å². The highest BCUT2D eigenvalue weighted by Crippen LogP contribution is 2.24. The van der Waals surface area contributed by atoms with E-state index in [4.69, 9.17) is 11.6 Å². The number of alkyl halides is 1. The molecule has 0 aliphatic carbocycles. The lowest BCUT2D eigenvalue weighted by Crippen LogP contribution is -2.49. The van der Waals surface area contributed by atoms with Gasteiger partial charge in [-0.2, -0.15) is 17.0 Å². The first-order valence-electron chi connectivity index (χ1n) is 6.39. The number of halogens is 1. The second-order valence-electron chi connectivity index (χ2n) is 5.16. The smallest absolute Gasteiger partial charge is 0.195 e. The molecule has 0 N–H and O–H groups in total. The summed E-state index contributed by atoms with van der Waals surface area (Å²) in [5, 5.41) is 0.142. The van der Waals surface area contributed by atoms with Gasteiger partial charge < -0.3 is 0 Å². The number of hydrogen-bond acceptors (Lipinski definition) is 2. The zero-order valence-corrected chi connectivity index (χ0v) is 11.9. The molecule has 17 heavy (non-hydrogen) atoms. The summed E-state index contributed by atoms with van der Waals surface area (Å²) in [6, 6.07) is 0. The van der Waals surface area contributed by atoms with E-state index >= 15 is 0 Å². The first kappa shape index (κ1) is 13.6. The molecule has 0 unspecified atom stereocenters. The molecule has 0 aromatic carbocycles. The lowest BCUT2D eigenvalue weighted by atomic mass is 10.0. The zero-order chi connectivity index (χ0) is 12.5. The van der Waals surface area contributed by atoms with Crippen molar-refractivity contribution in [1.29, 1.82) is 0 Å². The molecule has 4 nitrogen and oxygen atoms in total. The van der Waals surface area contributed by atoms with Crippen molar-refractivity contribution in [2.45, 2.75) is 38.0 Å². The summed E-state index contributed by atoms with van der Waals surface area (Å²) in [6.07, 6.45) is 3.49. The summed E-state index contributed by atoms with van der Waals surface area (Å²) >= 11 is 6.00. The number of rotatable bonds is 2. The Morgan fingerprint density at radius 1 is 0.941 bits per heavy atom. The van der Waals surface area contributed by atoms with E-state index in [1.165, 1.54) is 0 Å². The Morgan fingerprint density at radius 2 is 1.35 bits per heavy atom. The Hall–Kier alpha value is 0.160.